The zero-order chi connectivity index (χ0) is 17.7. The fraction of sp³-hybridized carbons (Fsp3) is 0.222. The van der Waals surface area contributed by atoms with Crippen LogP contribution >= 0.6 is 11.6 Å². The van der Waals surface area contributed by atoms with Gasteiger partial charge in [-0.2, -0.15) is 0 Å². The smallest absolute Gasteiger partial charge is 0.265 e. The second-order valence-corrected chi connectivity index (χ2v) is 5.59. The number of hydrogen-bond donors (Lipinski definition) is 1. The van der Waals surface area contributed by atoms with Crippen LogP contribution in [0.4, 0.5) is 5.69 Å². The van der Waals surface area contributed by atoms with Crippen molar-refractivity contribution in [2.75, 3.05) is 12.4 Å². The number of anilines is 1. The van der Waals surface area contributed by atoms with E-state index in [-0.39, 0.29) is 11.7 Å². The van der Waals surface area contributed by atoms with Gasteiger partial charge >= 0.3 is 0 Å². The van der Waals surface area contributed by atoms with Crippen molar-refractivity contribution in [2.45, 2.75) is 20.0 Å². The fourth-order valence-corrected chi connectivity index (χ4v) is 2.17. The molecule has 0 radical (unpaired) electrons. The lowest BCUT2D eigenvalue weighted by Gasteiger charge is -2.16. The summed E-state index contributed by atoms with van der Waals surface area (Å²) in [6, 6.07) is 11.7. The van der Waals surface area contributed by atoms with Gasteiger partial charge in [0.25, 0.3) is 5.91 Å². The number of hydrogen-bond acceptors (Lipinski definition) is 4. The first-order valence-corrected chi connectivity index (χ1v) is 7.70. The Morgan fingerprint density at radius 3 is 2.54 bits per heavy atom. The molecule has 6 heteroatoms. The number of ketones is 1. The van der Waals surface area contributed by atoms with E-state index >= 15 is 0 Å². The molecule has 0 heterocycles. The van der Waals surface area contributed by atoms with Crippen molar-refractivity contribution in [3.05, 3.63) is 53.1 Å². The number of carbonyl (C=O) groups is 2. The number of benzene rings is 2. The van der Waals surface area contributed by atoms with Crippen molar-refractivity contribution < 1.29 is 19.1 Å². The highest BCUT2D eigenvalue weighted by atomic mass is 35.5. The fourth-order valence-electron chi connectivity index (χ4n) is 2.01. The standard InChI is InChI=1S/C18H18ClNO4/c1-11(21)13-5-4-6-15(9-13)24-12(2)18(22)20-17-10-14(23-3)7-8-16(17)19/h4-10,12H,1-3H3,(H,20,22)/t12-/m1/s1. The van der Waals surface area contributed by atoms with Gasteiger partial charge in [0.2, 0.25) is 0 Å². The third-order valence-corrected chi connectivity index (χ3v) is 3.68. The molecule has 0 aliphatic rings. The molecule has 2 aromatic rings. The number of Topliss-reactive ketones (excluding diaryl/α,β-unsaturated/α-hetero) is 1. The minimum atomic E-state index is -0.769. The predicted octanol–water partition coefficient (Wildman–Crippen LogP) is 3.96. The van der Waals surface area contributed by atoms with Crippen LogP contribution < -0.4 is 14.8 Å². The van der Waals surface area contributed by atoms with Crippen LogP contribution in [0.3, 0.4) is 0 Å². The Balaban J connectivity index is 2.07. The van der Waals surface area contributed by atoms with Crippen LogP contribution in [0.5, 0.6) is 11.5 Å². The van der Waals surface area contributed by atoms with Gasteiger partial charge in [0.05, 0.1) is 17.8 Å². The maximum absolute atomic E-state index is 12.3. The van der Waals surface area contributed by atoms with Crippen molar-refractivity contribution >= 4 is 29.0 Å². The molecule has 24 heavy (non-hydrogen) atoms. The number of methoxy groups -OCH3 is 1. The van der Waals surface area contributed by atoms with Gasteiger partial charge in [-0.3, -0.25) is 9.59 Å². The SMILES string of the molecule is COc1ccc(Cl)c(NC(=O)[C@@H](C)Oc2cccc(C(C)=O)c2)c1. The molecule has 0 spiro atoms. The van der Waals surface area contributed by atoms with Crippen LogP contribution in [0, 0.1) is 0 Å². The summed E-state index contributed by atoms with van der Waals surface area (Å²) in [5, 5.41) is 3.10. The highest BCUT2D eigenvalue weighted by molar-refractivity contribution is 6.33. The van der Waals surface area contributed by atoms with E-state index in [9.17, 15) is 9.59 Å². The molecule has 0 unspecified atom stereocenters. The Labute approximate surface area is 145 Å². The number of carbonyl (C=O) groups excluding carboxylic acids is 2. The average molecular weight is 348 g/mol. The van der Waals surface area contributed by atoms with Crippen LogP contribution in [0.1, 0.15) is 24.2 Å². The molecular formula is C18H18ClNO4. The molecule has 0 saturated carbocycles. The van der Waals surface area contributed by atoms with Crippen molar-refractivity contribution in [1.82, 2.24) is 0 Å². The van der Waals surface area contributed by atoms with E-state index in [1.807, 2.05) is 0 Å². The van der Waals surface area contributed by atoms with Crippen LogP contribution in [0.15, 0.2) is 42.5 Å². The Bertz CT molecular complexity index is 760. The molecule has 0 aliphatic carbocycles. The van der Waals surface area contributed by atoms with E-state index in [2.05, 4.69) is 5.32 Å². The summed E-state index contributed by atoms with van der Waals surface area (Å²) >= 11 is 6.07. The lowest BCUT2D eigenvalue weighted by molar-refractivity contribution is -0.122. The molecule has 0 aromatic heterocycles. The molecule has 0 aliphatic heterocycles. The number of nitrogens with one attached hydrogen (secondary N) is 1. The Hall–Kier alpha value is -2.53. The maximum atomic E-state index is 12.3. The summed E-state index contributed by atoms with van der Waals surface area (Å²) in [5.74, 6) is 0.596. The van der Waals surface area contributed by atoms with Crippen LogP contribution in [-0.4, -0.2) is 24.9 Å². The summed E-state index contributed by atoms with van der Waals surface area (Å²) in [6.07, 6.45) is -0.769. The van der Waals surface area contributed by atoms with Gasteiger partial charge in [0, 0.05) is 11.6 Å². The quantitative estimate of drug-likeness (QED) is 0.803. The first kappa shape index (κ1) is 17.8. The molecule has 126 valence electrons. The van der Waals surface area contributed by atoms with Gasteiger partial charge in [0.1, 0.15) is 11.5 Å². The third-order valence-electron chi connectivity index (χ3n) is 3.35. The number of ether oxygens (including phenoxy) is 2. The van der Waals surface area contributed by atoms with Crippen LogP contribution in [0.2, 0.25) is 5.02 Å². The second-order valence-electron chi connectivity index (χ2n) is 5.18. The van der Waals surface area contributed by atoms with Crippen molar-refractivity contribution in [2.24, 2.45) is 0 Å². The summed E-state index contributed by atoms with van der Waals surface area (Å²) in [4.78, 5) is 23.7. The molecule has 1 atom stereocenters. The monoisotopic (exact) mass is 347 g/mol. The zero-order valence-corrected chi connectivity index (χ0v) is 14.4. The van der Waals surface area contributed by atoms with Crippen molar-refractivity contribution in [3.8, 4) is 11.5 Å². The highest BCUT2D eigenvalue weighted by Gasteiger charge is 2.17. The van der Waals surface area contributed by atoms with Crippen LogP contribution in [0.25, 0.3) is 0 Å². The first-order valence-electron chi connectivity index (χ1n) is 7.32. The summed E-state index contributed by atoms with van der Waals surface area (Å²) in [7, 11) is 1.53. The largest absolute Gasteiger partial charge is 0.497 e. The molecule has 2 aromatic carbocycles. The Morgan fingerprint density at radius 2 is 1.88 bits per heavy atom. The third kappa shape index (κ3) is 4.49. The number of halogens is 1. The van der Waals surface area contributed by atoms with Crippen LogP contribution in [-0.2, 0) is 4.79 Å². The van der Waals surface area contributed by atoms with E-state index < -0.39 is 6.10 Å². The van der Waals surface area contributed by atoms with E-state index in [1.54, 1.807) is 49.4 Å². The Morgan fingerprint density at radius 1 is 1.12 bits per heavy atom. The highest BCUT2D eigenvalue weighted by Crippen LogP contribution is 2.27. The van der Waals surface area contributed by atoms with Gasteiger partial charge in [0.15, 0.2) is 11.9 Å². The molecule has 0 saturated heterocycles. The van der Waals surface area contributed by atoms with E-state index in [1.165, 1.54) is 14.0 Å². The van der Waals surface area contributed by atoms with Gasteiger partial charge in [-0.1, -0.05) is 23.7 Å². The molecule has 0 fully saturated rings. The van der Waals surface area contributed by atoms with E-state index in [0.717, 1.165) is 0 Å². The number of amides is 1. The predicted molar refractivity (Wildman–Crippen MR) is 93.2 cm³/mol. The molecule has 1 N–H and O–H groups in total. The van der Waals surface area contributed by atoms with Gasteiger partial charge in [-0.25, -0.2) is 0 Å². The van der Waals surface area contributed by atoms with E-state index in [0.29, 0.717) is 27.8 Å². The molecule has 1 amide bonds. The topological polar surface area (TPSA) is 64.6 Å². The lowest BCUT2D eigenvalue weighted by atomic mass is 10.1. The van der Waals surface area contributed by atoms with Crippen molar-refractivity contribution in [3.63, 3.8) is 0 Å². The average Bonchev–Trinajstić information content (AvgIpc) is 2.57. The van der Waals surface area contributed by atoms with Gasteiger partial charge in [-0.15, -0.1) is 0 Å². The molecule has 0 bridgehead atoms. The second kappa shape index (κ2) is 7.84. The lowest BCUT2D eigenvalue weighted by Crippen LogP contribution is -2.30. The molecule has 2 rings (SSSR count). The molecular weight excluding hydrogens is 330 g/mol. The summed E-state index contributed by atoms with van der Waals surface area (Å²) in [6.45, 7) is 3.09. The maximum Gasteiger partial charge on any atom is 0.265 e. The Kier molecular flexibility index (Phi) is 5.82. The first-order chi connectivity index (χ1) is 11.4. The minimum absolute atomic E-state index is 0.0688. The summed E-state index contributed by atoms with van der Waals surface area (Å²) in [5.41, 5.74) is 0.963. The van der Waals surface area contributed by atoms with E-state index in [4.69, 9.17) is 21.1 Å². The van der Waals surface area contributed by atoms with Gasteiger partial charge < -0.3 is 14.8 Å². The zero-order valence-electron chi connectivity index (χ0n) is 13.6. The minimum Gasteiger partial charge on any atom is -0.497 e. The summed E-state index contributed by atoms with van der Waals surface area (Å²) < 4.78 is 10.7. The molecule has 5 nitrogen and oxygen atoms in total. The van der Waals surface area contributed by atoms with Crippen molar-refractivity contribution in [1.29, 1.82) is 0 Å². The normalized spacial score (nSPS) is 11.5. The van der Waals surface area contributed by atoms with Gasteiger partial charge in [-0.05, 0) is 38.1 Å². The number of rotatable bonds is 6.